The largest absolute Gasteiger partial charge is 0.396 e. The number of likely N-dealkylation sites (tertiary alicyclic amines) is 1. The lowest BCUT2D eigenvalue weighted by molar-refractivity contribution is 0.0384. The number of aliphatic hydroxyl groups excluding tert-OH is 1. The fourth-order valence-corrected chi connectivity index (χ4v) is 2.37. The Hall–Kier alpha value is -0.590. The van der Waals surface area contributed by atoms with E-state index < -0.39 is 0 Å². The summed E-state index contributed by atoms with van der Waals surface area (Å²) in [5, 5.41) is 18.4. The molecule has 1 N–H and O–H groups in total. The van der Waals surface area contributed by atoms with Gasteiger partial charge in [0.1, 0.15) is 0 Å². The summed E-state index contributed by atoms with van der Waals surface area (Å²) in [6, 6.07) is 2.35. The molecule has 1 rings (SSSR count). The van der Waals surface area contributed by atoms with Crippen molar-refractivity contribution in [1.29, 1.82) is 5.26 Å². The van der Waals surface area contributed by atoms with Crippen molar-refractivity contribution in [1.82, 2.24) is 4.90 Å². The Kier molecular flexibility index (Phi) is 4.97. The van der Waals surface area contributed by atoms with E-state index in [0.29, 0.717) is 6.61 Å². The first-order valence-electron chi connectivity index (χ1n) is 6.71. The molecule has 3 heteroatoms. The first-order valence-corrected chi connectivity index (χ1v) is 6.71. The van der Waals surface area contributed by atoms with Gasteiger partial charge in [0, 0.05) is 6.61 Å². The topological polar surface area (TPSA) is 47.3 Å². The van der Waals surface area contributed by atoms with Crippen LogP contribution in [0.4, 0.5) is 0 Å². The van der Waals surface area contributed by atoms with E-state index in [-0.39, 0.29) is 10.8 Å². The van der Waals surface area contributed by atoms with Gasteiger partial charge in [0.05, 0.1) is 11.5 Å². The standard InChI is InChI=1S/C14H26N2O/c1-4-14(12-17)6-9-16(10-7-14)8-5-13(2,3)11-15/h17H,4-10,12H2,1-3H3. The number of nitriles is 1. The third-order valence-corrected chi connectivity index (χ3v) is 4.36. The van der Waals surface area contributed by atoms with Crippen LogP contribution >= 0.6 is 0 Å². The van der Waals surface area contributed by atoms with E-state index in [0.717, 1.165) is 45.3 Å². The molecule has 0 aromatic carbocycles. The van der Waals surface area contributed by atoms with E-state index in [4.69, 9.17) is 5.26 Å². The van der Waals surface area contributed by atoms with E-state index >= 15 is 0 Å². The van der Waals surface area contributed by atoms with Crippen molar-refractivity contribution in [2.24, 2.45) is 10.8 Å². The Bertz CT molecular complexity index is 266. The second kappa shape index (κ2) is 5.84. The van der Waals surface area contributed by atoms with Crippen LogP contribution in [0.15, 0.2) is 0 Å². The summed E-state index contributed by atoms with van der Waals surface area (Å²) in [5.74, 6) is 0. The molecule has 1 aliphatic rings. The van der Waals surface area contributed by atoms with E-state index in [2.05, 4.69) is 17.9 Å². The van der Waals surface area contributed by atoms with Gasteiger partial charge in [-0.05, 0) is 64.6 Å². The summed E-state index contributed by atoms with van der Waals surface area (Å²) >= 11 is 0. The highest BCUT2D eigenvalue weighted by Crippen LogP contribution is 2.34. The molecule has 1 heterocycles. The van der Waals surface area contributed by atoms with E-state index in [1.807, 2.05) is 13.8 Å². The molecule has 0 bridgehead atoms. The molecule has 0 saturated carbocycles. The monoisotopic (exact) mass is 238 g/mol. The van der Waals surface area contributed by atoms with Crippen LogP contribution < -0.4 is 0 Å². The van der Waals surface area contributed by atoms with Crippen LogP contribution in [0.2, 0.25) is 0 Å². The molecule has 0 aromatic rings. The average Bonchev–Trinajstić information content (AvgIpc) is 2.37. The Morgan fingerprint density at radius 3 is 2.35 bits per heavy atom. The van der Waals surface area contributed by atoms with Crippen molar-refractivity contribution in [3.63, 3.8) is 0 Å². The van der Waals surface area contributed by atoms with Crippen LogP contribution in [0.3, 0.4) is 0 Å². The predicted octanol–water partition coefficient (Wildman–Crippen LogP) is 2.41. The zero-order valence-corrected chi connectivity index (χ0v) is 11.5. The number of hydrogen-bond donors (Lipinski definition) is 1. The lowest BCUT2D eigenvalue weighted by Crippen LogP contribution is -2.42. The number of nitrogens with zero attached hydrogens (tertiary/aromatic N) is 2. The minimum atomic E-state index is -0.212. The van der Waals surface area contributed by atoms with Gasteiger partial charge in [-0.25, -0.2) is 0 Å². The molecule has 0 aliphatic carbocycles. The molecule has 0 amide bonds. The highest BCUT2D eigenvalue weighted by atomic mass is 16.3. The Balaban J connectivity index is 2.36. The van der Waals surface area contributed by atoms with Gasteiger partial charge in [-0.2, -0.15) is 5.26 Å². The number of aliphatic hydroxyl groups is 1. The number of hydrogen-bond acceptors (Lipinski definition) is 3. The maximum absolute atomic E-state index is 9.46. The van der Waals surface area contributed by atoms with Crippen molar-refractivity contribution < 1.29 is 5.11 Å². The SMILES string of the molecule is CCC1(CO)CCN(CCC(C)(C)C#N)CC1. The molecule has 0 radical (unpaired) electrons. The number of rotatable bonds is 5. The third-order valence-electron chi connectivity index (χ3n) is 4.36. The van der Waals surface area contributed by atoms with Crippen LogP contribution in [0.25, 0.3) is 0 Å². The minimum Gasteiger partial charge on any atom is -0.396 e. The van der Waals surface area contributed by atoms with Crippen LogP contribution in [-0.2, 0) is 0 Å². The second-order valence-corrected chi connectivity index (χ2v) is 6.10. The zero-order chi connectivity index (χ0) is 12.9. The molecule has 1 fully saturated rings. The minimum absolute atomic E-state index is 0.168. The van der Waals surface area contributed by atoms with Gasteiger partial charge in [0.25, 0.3) is 0 Å². The van der Waals surface area contributed by atoms with Crippen molar-refractivity contribution in [2.45, 2.75) is 46.5 Å². The number of piperidine rings is 1. The lowest BCUT2D eigenvalue weighted by atomic mass is 9.77. The molecule has 98 valence electrons. The van der Waals surface area contributed by atoms with Gasteiger partial charge in [-0.15, -0.1) is 0 Å². The van der Waals surface area contributed by atoms with Crippen molar-refractivity contribution in [2.75, 3.05) is 26.2 Å². The summed E-state index contributed by atoms with van der Waals surface area (Å²) in [6.07, 6.45) is 4.18. The van der Waals surface area contributed by atoms with Gasteiger partial charge < -0.3 is 10.0 Å². The van der Waals surface area contributed by atoms with Crippen LogP contribution in [0.1, 0.15) is 46.5 Å². The van der Waals surface area contributed by atoms with Crippen LogP contribution in [0, 0.1) is 22.2 Å². The second-order valence-electron chi connectivity index (χ2n) is 6.10. The lowest BCUT2D eigenvalue weighted by Gasteiger charge is -2.40. The fourth-order valence-electron chi connectivity index (χ4n) is 2.37. The van der Waals surface area contributed by atoms with Gasteiger partial charge in [-0.1, -0.05) is 6.92 Å². The van der Waals surface area contributed by atoms with Crippen molar-refractivity contribution in [3.8, 4) is 6.07 Å². The molecule has 17 heavy (non-hydrogen) atoms. The quantitative estimate of drug-likeness (QED) is 0.800. The fraction of sp³-hybridized carbons (Fsp3) is 0.929. The Labute approximate surface area is 105 Å². The Morgan fingerprint density at radius 2 is 1.94 bits per heavy atom. The van der Waals surface area contributed by atoms with Crippen molar-refractivity contribution in [3.05, 3.63) is 0 Å². The molecule has 0 aromatic heterocycles. The van der Waals surface area contributed by atoms with Crippen LogP contribution in [0.5, 0.6) is 0 Å². The highest BCUT2D eigenvalue weighted by molar-refractivity contribution is 4.93. The van der Waals surface area contributed by atoms with Gasteiger partial charge in [-0.3, -0.25) is 0 Å². The molecule has 1 aliphatic heterocycles. The molecule has 3 nitrogen and oxygen atoms in total. The highest BCUT2D eigenvalue weighted by Gasteiger charge is 2.32. The molecule has 0 atom stereocenters. The summed E-state index contributed by atoms with van der Waals surface area (Å²) in [7, 11) is 0. The Morgan fingerprint density at radius 1 is 1.35 bits per heavy atom. The molecule has 0 unspecified atom stereocenters. The van der Waals surface area contributed by atoms with E-state index in [1.54, 1.807) is 0 Å². The van der Waals surface area contributed by atoms with E-state index in [9.17, 15) is 5.11 Å². The molecular weight excluding hydrogens is 212 g/mol. The maximum Gasteiger partial charge on any atom is 0.0684 e. The normalized spacial score (nSPS) is 21.1. The molecule has 0 spiro atoms. The van der Waals surface area contributed by atoms with Gasteiger partial charge in [0.2, 0.25) is 0 Å². The maximum atomic E-state index is 9.46. The predicted molar refractivity (Wildman–Crippen MR) is 69.5 cm³/mol. The third kappa shape index (κ3) is 3.97. The molecule has 1 saturated heterocycles. The first-order chi connectivity index (χ1) is 7.97. The van der Waals surface area contributed by atoms with Gasteiger partial charge in [0.15, 0.2) is 0 Å². The summed E-state index contributed by atoms with van der Waals surface area (Å²) in [6.45, 7) is 9.63. The molecular formula is C14H26N2O. The summed E-state index contributed by atoms with van der Waals surface area (Å²) in [4.78, 5) is 2.43. The average molecular weight is 238 g/mol. The van der Waals surface area contributed by atoms with Gasteiger partial charge >= 0.3 is 0 Å². The van der Waals surface area contributed by atoms with Crippen molar-refractivity contribution >= 4 is 0 Å². The summed E-state index contributed by atoms with van der Waals surface area (Å²) < 4.78 is 0. The zero-order valence-electron chi connectivity index (χ0n) is 11.5. The summed E-state index contributed by atoms with van der Waals surface area (Å²) in [5.41, 5.74) is -0.0441. The van der Waals surface area contributed by atoms with E-state index in [1.165, 1.54) is 0 Å². The van der Waals surface area contributed by atoms with Crippen LogP contribution in [-0.4, -0.2) is 36.2 Å². The first kappa shape index (κ1) is 14.5. The smallest absolute Gasteiger partial charge is 0.0684 e.